The first-order chi connectivity index (χ1) is 8.98. The molecule has 0 aromatic heterocycles. The maximum absolute atomic E-state index is 11.9. The van der Waals surface area contributed by atoms with Crippen LogP contribution in [0.25, 0.3) is 0 Å². The van der Waals surface area contributed by atoms with Crippen molar-refractivity contribution in [2.24, 2.45) is 0 Å². The summed E-state index contributed by atoms with van der Waals surface area (Å²) in [6, 6.07) is 6.40. The van der Waals surface area contributed by atoms with Gasteiger partial charge in [-0.05, 0) is 63.5 Å². The predicted octanol–water partition coefficient (Wildman–Crippen LogP) is 3.67. The molecule has 0 aliphatic heterocycles. The highest BCUT2D eigenvalue weighted by atomic mass is 28.4. The Morgan fingerprint density at radius 1 is 0.700 bits per heavy atom. The zero-order valence-corrected chi connectivity index (χ0v) is 14.9. The molecule has 0 bridgehead atoms. The Bertz CT molecular complexity index is 448. The molecule has 1 aromatic rings. The molecule has 0 spiro atoms. The molecule has 0 unspecified atom stereocenters. The van der Waals surface area contributed by atoms with Crippen LogP contribution >= 0.6 is 0 Å². The average molecular weight is 310 g/mol. The van der Waals surface area contributed by atoms with Crippen LogP contribution in [0.3, 0.4) is 0 Å². The quantitative estimate of drug-likeness (QED) is 0.796. The lowest BCUT2D eigenvalue weighted by atomic mass is 10.1. The van der Waals surface area contributed by atoms with Crippen molar-refractivity contribution in [1.29, 1.82) is 0 Å². The van der Waals surface area contributed by atoms with Crippen molar-refractivity contribution in [1.82, 2.24) is 0 Å². The highest BCUT2D eigenvalue weighted by Gasteiger charge is 2.23. The summed E-state index contributed by atoms with van der Waals surface area (Å²) in [6.07, 6.45) is 0. The third-order valence-corrected chi connectivity index (χ3v) is 3.75. The first-order valence-electron chi connectivity index (χ1n) is 6.55. The summed E-state index contributed by atoms with van der Waals surface area (Å²) < 4.78 is 10.8. The van der Waals surface area contributed by atoms with Gasteiger partial charge in [0, 0.05) is 0 Å². The van der Waals surface area contributed by atoms with Gasteiger partial charge in [0.1, 0.15) is 0 Å². The smallest absolute Gasteiger partial charge is 0.324 e. The van der Waals surface area contributed by atoms with Gasteiger partial charge in [-0.15, -0.1) is 0 Å². The molecule has 0 saturated carbocycles. The minimum Gasteiger partial charge on any atom is -0.516 e. The van der Waals surface area contributed by atoms with E-state index in [0.717, 1.165) is 0 Å². The van der Waals surface area contributed by atoms with Crippen molar-refractivity contribution >= 4 is 28.6 Å². The van der Waals surface area contributed by atoms with E-state index in [4.69, 9.17) is 8.85 Å². The standard InChI is InChI=1S/C14H22O4Si2/c1-19(2,3)17-13(15)11-7-9-12(10-8-11)14(16)18-20(4,5)6/h7-10H,1-6H3. The lowest BCUT2D eigenvalue weighted by Gasteiger charge is -2.18. The third-order valence-electron chi connectivity index (χ3n) is 2.15. The van der Waals surface area contributed by atoms with E-state index < -0.39 is 16.6 Å². The van der Waals surface area contributed by atoms with Gasteiger partial charge in [-0.1, -0.05) is 0 Å². The Hall–Kier alpha value is -1.41. The van der Waals surface area contributed by atoms with E-state index in [1.807, 2.05) is 39.3 Å². The Labute approximate surface area is 122 Å². The van der Waals surface area contributed by atoms with Crippen molar-refractivity contribution in [3.05, 3.63) is 35.4 Å². The summed E-state index contributed by atoms with van der Waals surface area (Å²) in [6.45, 7) is 11.7. The second-order valence-corrected chi connectivity index (χ2v) is 15.4. The van der Waals surface area contributed by atoms with Crippen LogP contribution in [0.1, 0.15) is 20.7 Å². The van der Waals surface area contributed by atoms with Crippen LogP contribution in [0.15, 0.2) is 24.3 Å². The van der Waals surface area contributed by atoms with Crippen molar-refractivity contribution in [2.45, 2.75) is 39.3 Å². The summed E-state index contributed by atoms with van der Waals surface area (Å²) in [5, 5.41) is 0. The number of carbonyl (C=O) groups is 2. The molecule has 1 rings (SSSR count). The SMILES string of the molecule is C[Si](C)(C)OC(=O)c1ccc(C(=O)O[Si](C)(C)C)cc1. The van der Waals surface area contributed by atoms with Gasteiger partial charge in [-0.3, -0.25) is 0 Å². The third kappa shape index (κ3) is 5.71. The minimum absolute atomic E-state index is 0.339. The zero-order chi connectivity index (χ0) is 15.6. The van der Waals surface area contributed by atoms with Crippen molar-refractivity contribution < 1.29 is 18.4 Å². The van der Waals surface area contributed by atoms with Crippen molar-refractivity contribution in [2.75, 3.05) is 0 Å². The molecule has 0 heterocycles. The van der Waals surface area contributed by atoms with Crippen molar-refractivity contribution in [3.8, 4) is 0 Å². The Kier molecular flexibility index (Phi) is 4.93. The van der Waals surface area contributed by atoms with Gasteiger partial charge >= 0.3 is 11.9 Å². The molecule has 0 aliphatic carbocycles. The fourth-order valence-electron chi connectivity index (χ4n) is 1.42. The molecule has 4 nitrogen and oxygen atoms in total. The number of hydrogen-bond donors (Lipinski definition) is 0. The lowest BCUT2D eigenvalue weighted by Crippen LogP contribution is -2.29. The molecule has 0 aliphatic rings. The minimum atomic E-state index is -1.91. The first-order valence-corrected chi connectivity index (χ1v) is 13.4. The van der Waals surface area contributed by atoms with E-state index in [-0.39, 0.29) is 11.9 Å². The average Bonchev–Trinajstić information content (AvgIpc) is 2.24. The highest BCUT2D eigenvalue weighted by molar-refractivity contribution is 6.71. The van der Waals surface area contributed by atoms with Crippen LogP contribution in [0.5, 0.6) is 0 Å². The fraction of sp³-hybridized carbons (Fsp3) is 0.429. The molecule has 0 N–H and O–H groups in total. The number of rotatable bonds is 4. The zero-order valence-electron chi connectivity index (χ0n) is 12.9. The molecule has 0 amide bonds. The van der Waals surface area contributed by atoms with Crippen LogP contribution in [0.2, 0.25) is 39.3 Å². The summed E-state index contributed by atoms with van der Waals surface area (Å²) in [7, 11) is -3.81. The maximum Gasteiger partial charge on any atom is 0.324 e. The van der Waals surface area contributed by atoms with E-state index in [1.54, 1.807) is 24.3 Å². The van der Waals surface area contributed by atoms with Gasteiger partial charge in [-0.25, -0.2) is 9.59 Å². The predicted molar refractivity (Wildman–Crippen MR) is 84.0 cm³/mol. The molecule has 0 fully saturated rings. The van der Waals surface area contributed by atoms with E-state index in [0.29, 0.717) is 11.1 Å². The molecule has 110 valence electrons. The van der Waals surface area contributed by atoms with Gasteiger partial charge in [0.15, 0.2) is 0 Å². The van der Waals surface area contributed by atoms with Gasteiger partial charge in [0.25, 0.3) is 0 Å². The molecule has 6 heteroatoms. The lowest BCUT2D eigenvalue weighted by molar-refractivity contribution is 0.0709. The van der Waals surface area contributed by atoms with Gasteiger partial charge in [0.05, 0.1) is 11.1 Å². The summed E-state index contributed by atoms with van der Waals surface area (Å²) in [5.74, 6) is -0.677. The normalized spacial score (nSPS) is 11.9. The molecule has 0 saturated heterocycles. The fourth-order valence-corrected chi connectivity index (χ4v) is 2.76. The van der Waals surface area contributed by atoms with E-state index in [1.165, 1.54) is 0 Å². The molecular formula is C14H22O4Si2. The van der Waals surface area contributed by atoms with Crippen LogP contribution in [0.4, 0.5) is 0 Å². The number of carbonyl (C=O) groups excluding carboxylic acids is 2. The number of hydrogen-bond acceptors (Lipinski definition) is 4. The molecule has 1 aromatic carbocycles. The van der Waals surface area contributed by atoms with E-state index in [9.17, 15) is 9.59 Å². The monoisotopic (exact) mass is 310 g/mol. The van der Waals surface area contributed by atoms with E-state index >= 15 is 0 Å². The van der Waals surface area contributed by atoms with Gasteiger partial charge in [0.2, 0.25) is 16.6 Å². The van der Waals surface area contributed by atoms with Crippen LogP contribution in [-0.2, 0) is 8.85 Å². The Balaban J connectivity index is 2.79. The van der Waals surface area contributed by atoms with Crippen LogP contribution in [-0.4, -0.2) is 28.6 Å². The Morgan fingerprint density at radius 3 is 1.15 bits per heavy atom. The molecule has 0 radical (unpaired) electrons. The number of benzene rings is 1. The summed E-state index contributed by atoms with van der Waals surface area (Å²) in [5.41, 5.74) is 0.911. The van der Waals surface area contributed by atoms with Crippen LogP contribution < -0.4 is 0 Å². The molecular weight excluding hydrogens is 288 g/mol. The van der Waals surface area contributed by atoms with Crippen LogP contribution in [0, 0.1) is 0 Å². The van der Waals surface area contributed by atoms with Gasteiger partial charge < -0.3 is 8.85 Å². The second kappa shape index (κ2) is 5.93. The molecule has 0 atom stereocenters. The highest BCUT2D eigenvalue weighted by Crippen LogP contribution is 2.13. The molecule has 20 heavy (non-hydrogen) atoms. The largest absolute Gasteiger partial charge is 0.516 e. The maximum atomic E-state index is 11.9. The van der Waals surface area contributed by atoms with Crippen molar-refractivity contribution in [3.63, 3.8) is 0 Å². The second-order valence-electron chi connectivity index (χ2n) is 6.58. The first kappa shape index (κ1) is 16.6. The summed E-state index contributed by atoms with van der Waals surface area (Å²) in [4.78, 5) is 23.7. The van der Waals surface area contributed by atoms with Gasteiger partial charge in [-0.2, -0.15) is 0 Å². The Morgan fingerprint density at radius 2 is 0.950 bits per heavy atom. The summed E-state index contributed by atoms with van der Waals surface area (Å²) >= 11 is 0. The van der Waals surface area contributed by atoms with E-state index in [2.05, 4.69) is 0 Å². The topological polar surface area (TPSA) is 52.6 Å².